The fourth-order valence-electron chi connectivity index (χ4n) is 1.59. The Morgan fingerprint density at radius 1 is 1.45 bits per heavy atom. The summed E-state index contributed by atoms with van der Waals surface area (Å²) >= 11 is 4.00. The molecule has 1 atom stereocenters. The number of rotatable bonds is 8. The lowest BCUT2D eigenvalue weighted by molar-refractivity contribution is -0.763. The Morgan fingerprint density at radius 3 is 2.77 bits per heavy atom. The van der Waals surface area contributed by atoms with Crippen molar-refractivity contribution in [2.24, 2.45) is 0 Å². The molecule has 0 spiro atoms. The SMILES string of the molecule is CCOC(=O)[C@@H](CS)NC(=O)c1cccc(CO[N+](=O)[O-])c1. The van der Waals surface area contributed by atoms with Crippen LogP contribution >= 0.6 is 12.6 Å². The fraction of sp³-hybridized carbons (Fsp3) is 0.385. The van der Waals surface area contributed by atoms with Crippen LogP contribution in [-0.2, 0) is 21.0 Å². The van der Waals surface area contributed by atoms with E-state index in [-0.39, 0.29) is 24.5 Å². The minimum atomic E-state index is -0.912. The zero-order valence-electron chi connectivity index (χ0n) is 11.9. The van der Waals surface area contributed by atoms with E-state index in [2.05, 4.69) is 22.8 Å². The number of nitrogens with one attached hydrogen (secondary N) is 1. The van der Waals surface area contributed by atoms with E-state index in [1.807, 2.05) is 0 Å². The molecule has 8 nitrogen and oxygen atoms in total. The molecule has 0 aliphatic rings. The molecular formula is C13H16N2O6S. The van der Waals surface area contributed by atoms with E-state index >= 15 is 0 Å². The van der Waals surface area contributed by atoms with Gasteiger partial charge >= 0.3 is 5.97 Å². The summed E-state index contributed by atoms with van der Waals surface area (Å²) in [5, 5.41) is 11.7. The summed E-state index contributed by atoms with van der Waals surface area (Å²) in [7, 11) is 0. The lowest BCUT2D eigenvalue weighted by Gasteiger charge is -2.15. The number of hydrogen-bond donors (Lipinski definition) is 2. The zero-order valence-corrected chi connectivity index (χ0v) is 12.7. The van der Waals surface area contributed by atoms with Gasteiger partial charge in [0.15, 0.2) is 0 Å². The maximum atomic E-state index is 12.1. The zero-order chi connectivity index (χ0) is 16.5. The van der Waals surface area contributed by atoms with Gasteiger partial charge in [0.05, 0.1) is 6.61 Å². The van der Waals surface area contributed by atoms with Gasteiger partial charge in [0.1, 0.15) is 12.6 Å². The van der Waals surface area contributed by atoms with E-state index in [9.17, 15) is 19.7 Å². The normalized spacial score (nSPS) is 11.4. The molecule has 0 unspecified atom stereocenters. The highest BCUT2D eigenvalue weighted by Gasteiger charge is 2.21. The van der Waals surface area contributed by atoms with Crippen molar-refractivity contribution < 1.29 is 24.3 Å². The summed E-state index contributed by atoms with van der Waals surface area (Å²) in [4.78, 5) is 38.1. The van der Waals surface area contributed by atoms with Crippen molar-refractivity contribution in [1.82, 2.24) is 5.32 Å². The maximum Gasteiger partial charge on any atom is 0.329 e. The number of ether oxygens (including phenoxy) is 1. The first-order valence-corrected chi connectivity index (χ1v) is 7.05. The number of carbonyl (C=O) groups is 2. The Kier molecular flexibility index (Phi) is 7.17. The van der Waals surface area contributed by atoms with Gasteiger partial charge in [-0.25, -0.2) is 4.79 Å². The van der Waals surface area contributed by atoms with Gasteiger partial charge in [-0.2, -0.15) is 12.6 Å². The minimum absolute atomic E-state index is 0.0920. The first-order chi connectivity index (χ1) is 10.5. The summed E-state index contributed by atoms with van der Waals surface area (Å²) in [6.07, 6.45) is 0. The molecule has 1 rings (SSSR count). The Labute approximate surface area is 132 Å². The summed E-state index contributed by atoms with van der Waals surface area (Å²) in [5.41, 5.74) is 0.712. The Hall–Kier alpha value is -2.29. The van der Waals surface area contributed by atoms with Crippen molar-refractivity contribution >= 4 is 24.5 Å². The first kappa shape index (κ1) is 17.8. The summed E-state index contributed by atoms with van der Waals surface area (Å²) in [6.45, 7) is 1.60. The van der Waals surface area contributed by atoms with Crippen molar-refractivity contribution in [2.45, 2.75) is 19.6 Å². The summed E-state index contributed by atoms with van der Waals surface area (Å²) in [6, 6.07) is 5.25. The molecule has 22 heavy (non-hydrogen) atoms. The molecule has 0 bridgehead atoms. The van der Waals surface area contributed by atoms with Crippen LogP contribution in [0.1, 0.15) is 22.8 Å². The van der Waals surface area contributed by atoms with Gasteiger partial charge in [-0.1, -0.05) is 12.1 Å². The third-order valence-electron chi connectivity index (χ3n) is 2.58. The van der Waals surface area contributed by atoms with Crippen molar-refractivity contribution in [3.05, 3.63) is 45.5 Å². The number of carbonyl (C=O) groups excluding carboxylic acids is 2. The molecule has 9 heteroatoms. The van der Waals surface area contributed by atoms with E-state index in [4.69, 9.17) is 4.74 Å². The van der Waals surface area contributed by atoms with E-state index in [1.54, 1.807) is 19.1 Å². The summed E-state index contributed by atoms with van der Waals surface area (Å²) in [5.74, 6) is -0.983. The third kappa shape index (κ3) is 5.60. The molecule has 1 amide bonds. The monoisotopic (exact) mass is 328 g/mol. The van der Waals surface area contributed by atoms with Crippen LogP contribution in [0.15, 0.2) is 24.3 Å². The van der Waals surface area contributed by atoms with Crippen molar-refractivity contribution in [2.75, 3.05) is 12.4 Å². The number of esters is 1. The van der Waals surface area contributed by atoms with Crippen LogP contribution in [-0.4, -0.2) is 35.4 Å². The molecular weight excluding hydrogens is 312 g/mol. The predicted octanol–water partition coefficient (Wildman–Crippen LogP) is 0.986. The van der Waals surface area contributed by atoms with Gasteiger partial charge in [-0.15, -0.1) is 10.1 Å². The van der Waals surface area contributed by atoms with E-state index in [1.165, 1.54) is 12.1 Å². The standard InChI is InChI=1S/C13H16N2O6S/c1-2-20-13(17)11(8-22)14-12(16)10-5-3-4-9(6-10)7-21-15(18)19/h3-6,11,22H,2,7-8H2,1H3,(H,14,16)/t11-/m1/s1. The fourth-order valence-corrected chi connectivity index (χ4v) is 1.83. The average molecular weight is 328 g/mol. The van der Waals surface area contributed by atoms with Crippen LogP contribution in [0.2, 0.25) is 0 Å². The number of hydrogen-bond acceptors (Lipinski definition) is 7. The second kappa shape index (κ2) is 8.88. The molecule has 1 N–H and O–H groups in total. The summed E-state index contributed by atoms with van der Waals surface area (Å²) < 4.78 is 4.82. The van der Waals surface area contributed by atoms with Gasteiger partial charge in [-0.3, -0.25) is 4.79 Å². The van der Waals surface area contributed by atoms with Gasteiger partial charge in [0.25, 0.3) is 11.0 Å². The smallest absolute Gasteiger partial charge is 0.329 e. The molecule has 1 aromatic rings. The molecule has 0 radical (unpaired) electrons. The van der Waals surface area contributed by atoms with Crippen molar-refractivity contribution in [3.63, 3.8) is 0 Å². The van der Waals surface area contributed by atoms with Gasteiger partial charge in [-0.05, 0) is 24.6 Å². The third-order valence-corrected chi connectivity index (χ3v) is 2.95. The van der Waals surface area contributed by atoms with Crippen molar-refractivity contribution in [1.29, 1.82) is 0 Å². The van der Waals surface area contributed by atoms with E-state index in [0.29, 0.717) is 5.56 Å². The first-order valence-electron chi connectivity index (χ1n) is 6.42. The lowest BCUT2D eigenvalue weighted by Crippen LogP contribution is -2.43. The second-order valence-electron chi connectivity index (χ2n) is 4.16. The van der Waals surface area contributed by atoms with Crippen LogP contribution in [0, 0.1) is 10.1 Å². The van der Waals surface area contributed by atoms with E-state index < -0.39 is 23.0 Å². The van der Waals surface area contributed by atoms with Crippen LogP contribution in [0.5, 0.6) is 0 Å². The second-order valence-corrected chi connectivity index (χ2v) is 4.52. The molecule has 0 saturated carbocycles. The highest BCUT2D eigenvalue weighted by atomic mass is 32.1. The van der Waals surface area contributed by atoms with Gasteiger partial charge in [0, 0.05) is 11.3 Å². The van der Waals surface area contributed by atoms with E-state index in [0.717, 1.165) is 0 Å². The number of benzene rings is 1. The topological polar surface area (TPSA) is 108 Å². The highest BCUT2D eigenvalue weighted by molar-refractivity contribution is 7.80. The molecule has 0 aliphatic heterocycles. The average Bonchev–Trinajstić information content (AvgIpc) is 2.50. The molecule has 0 heterocycles. The van der Waals surface area contributed by atoms with Crippen LogP contribution in [0.4, 0.5) is 0 Å². The quantitative estimate of drug-likeness (QED) is 0.319. The molecule has 0 aromatic heterocycles. The van der Waals surface area contributed by atoms with Gasteiger partial charge in [0.2, 0.25) is 0 Å². The van der Waals surface area contributed by atoms with Crippen molar-refractivity contribution in [3.8, 4) is 0 Å². The van der Waals surface area contributed by atoms with Gasteiger partial charge < -0.3 is 14.9 Å². The Balaban J connectivity index is 2.73. The van der Waals surface area contributed by atoms with Crippen LogP contribution < -0.4 is 5.32 Å². The highest BCUT2D eigenvalue weighted by Crippen LogP contribution is 2.08. The molecule has 1 aromatic carbocycles. The number of nitrogens with zero attached hydrogens (tertiary/aromatic N) is 1. The number of amides is 1. The minimum Gasteiger partial charge on any atom is -0.464 e. The largest absolute Gasteiger partial charge is 0.464 e. The Bertz CT molecular complexity index is 551. The molecule has 0 aliphatic carbocycles. The molecule has 0 saturated heterocycles. The molecule has 0 fully saturated rings. The maximum absolute atomic E-state index is 12.1. The van der Waals surface area contributed by atoms with Crippen LogP contribution in [0.3, 0.4) is 0 Å². The predicted molar refractivity (Wildman–Crippen MR) is 80.0 cm³/mol. The number of thiol groups is 1. The molecule has 120 valence electrons. The Morgan fingerprint density at radius 2 is 2.18 bits per heavy atom. The van der Waals surface area contributed by atoms with Crippen LogP contribution in [0.25, 0.3) is 0 Å². The lowest BCUT2D eigenvalue weighted by atomic mass is 10.1.